The molecular formula is C13H20N2O3S. The molecule has 0 radical (unpaired) electrons. The molecule has 5 nitrogen and oxygen atoms in total. The summed E-state index contributed by atoms with van der Waals surface area (Å²) in [6.45, 7) is 7.94. The van der Waals surface area contributed by atoms with E-state index in [4.69, 9.17) is 10.5 Å². The molecule has 0 aliphatic heterocycles. The van der Waals surface area contributed by atoms with Gasteiger partial charge < -0.3 is 10.5 Å². The number of anilines is 1. The molecule has 1 aromatic rings. The Morgan fingerprint density at radius 1 is 1.47 bits per heavy atom. The van der Waals surface area contributed by atoms with Crippen LogP contribution in [0.3, 0.4) is 0 Å². The molecule has 19 heavy (non-hydrogen) atoms. The third kappa shape index (κ3) is 3.48. The van der Waals surface area contributed by atoms with Crippen LogP contribution in [0.2, 0.25) is 0 Å². The van der Waals surface area contributed by atoms with Gasteiger partial charge in [-0.05, 0) is 25.1 Å². The first-order valence-corrected chi connectivity index (χ1v) is 7.35. The largest absolute Gasteiger partial charge is 0.495 e. The van der Waals surface area contributed by atoms with Crippen molar-refractivity contribution < 1.29 is 13.2 Å². The summed E-state index contributed by atoms with van der Waals surface area (Å²) in [6, 6.07) is 4.57. The van der Waals surface area contributed by atoms with Crippen LogP contribution in [0.4, 0.5) is 5.69 Å². The first-order chi connectivity index (χ1) is 8.82. The van der Waals surface area contributed by atoms with Crippen LogP contribution in [0, 0.1) is 0 Å². The molecule has 106 valence electrons. The van der Waals surface area contributed by atoms with Gasteiger partial charge in [-0.25, -0.2) is 8.42 Å². The Labute approximate surface area is 114 Å². The number of hydrogen-bond donors (Lipinski definition) is 1. The van der Waals surface area contributed by atoms with Crippen molar-refractivity contribution in [3.05, 3.63) is 30.4 Å². The minimum Gasteiger partial charge on any atom is -0.495 e. The summed E-state index contributed by atoms with van der Waals surface area (Å²) in [6.07, 6.45) is 0. The van der Waals surface area contributed by atoms with Crippen LogP contribution in [-0.4, -0.2) is 32.9 Å². The van der Waals surface area contributed by atoms with E-state index in [2.05, 4.69) is 6.58 Å². The Morgan fingerprint density at radius 3 is 2.58 bits per heavy atom. The molecule has 0 saturated carbocycles. The van der Waals surface area contributed by atoms with Crippen LogP contribution in [0.25, 0.3) is 0 Å². The second-order valence-corrected chi connectivity index (χ2v) is 6.20. The van der Waals surface area contributed by atoms with Crippen molar-refractivity contribution in [1.29, 1.82) is 0 Å². The van der Waals surface area contributed by atoms with Crippen molar-refractivity contribution in [3.8, 4) is 5.75 Å². The molecular weight excluding hydrogens is 264 g/mol. The van der Waals surface area contributed by atoms with Crippen molar-refractivity contribution in [2.24, 2.45) is 0 Å². The first-order valence-electron chi connectivity index (χ1n) is 5.91. The minimum atomic E-state index is -3.64. The normalized spacial score (nSPS) is 11.6. The highest BCUT2D eigenvalue weighted by Crippen LogP contribution is 2.28. The van der Waals surface area contributed by atoms with Gasteiger partial charge in [0, 0.05) is 18.8 Å². The molecule has 1 rings (SSSR count). The molecule has 1 aromatic carbocycles. The number of nitrogen functional groups attached to an aromatic ring is 1. The molecule has 0 unspecified atom stereocenters. The average molecular weight is 284 g/mol. The molecule has 0 heterocycles. The number of hydrogen-bond acceptors (Lipinski definition) is 4. The Bertz CT molecular complexity index is 567. The van der Waals surface area contributed by atoms with E-state index in [-0.39, 0.29) is 17.2 Å². The van der Waals surface area contributed by atoms with E-state index in [9.17, 15) is 8.42 Å². The van der Waals surface area contributed by atoms with Crippen molar-refractivity contribution in [1.82, 2.24) is 4.31 Å². The molecule has 0 aliphatic carbocycles. The van der Waals surface area contributed by atoms with Gasteiger partial charge in [-0.2, -0.15) is 4.31 Å². The van der Waals surface area contributed by atoms with Crippen LogP contribution in [0.1, 0.15) is 13.8 Å². The molecule has 0 fully saturated rings. The smallest absolute Gasteiger partial charge is 0.247 e. The van der Waals surface area contributed by atoms with E-state index in [0.717, 1.165) is 5.57 Å². The topological polar surface area (TPSA) is 72.6 Å². The Morgan fingerprint density at radius 2 is 2.11 bits per heavy atom. The van der Waals surface area contributed by atoms with Gasteiger partial charge in [0.25, 0.3) is 0 Å². The van der Waals surface area contributed by atoms with Crippen molar-refractivity contribution in [2.45, 2.75) is 18.7 Å². The molecule has 2 N–H and O–H groups in total. The predicted molar refractivity (Wildman–Crippen MR) is 76.7 cm³/mol. The molecule has 0 amide bonds. The van der Waals surface area contributed by atoms with Gasteiger partial charge >= 0.3 is 0 Å². The summed E-state index contributed by atoms with van der Waals surface area (Å²) in [7, 11) is -2.21. The van der Waals surface area contributed by atoms with Crippen LogP contribution in [0.15, 0.2) is 35.2 Å². The number of nitrogens with zero attached hydrogens (tertiary/aromatic N) is 1. The van der Waals surface area contributed by atoms with E-state index < -0.39 is 10.0 Å². The summed E-state index contributed by atoms with van der Waals surface area (Å²) in [5.74, 6) is 0.286. The fourth-order valence-corrected chi connectivity index (χ4v) is 3.40. The van der Waals surface area contributed by atoms with Crippen LogP contribution in [-0.2, 0) is 10.0 Å². The van der Waals surface area contributed by atoms with Gasteiger partial charge in [0.05, 0.1) is 7.11 Å². The SMILES string of the molecule is C=C(C)CN(CC)S(=O)(=O)c1cc(N)ccc1OC. The fourth-order valence-electron chi connectivity index (χ4n) is 1.70. The Hall–Kier alpha value is -1.53. The molecule has 0 aromatic heterocycles. The van der Waals surface area contributed by atoms with Gasteiger partial charge in [-0.3, -0.25) is 0 Å². The van der Waals surface area contributed by atoms with Gasteiger partial charge in [0.15, 0.2) is 0 Å². The van der Waals surface area contributed by atoms with Crippen molar-refractivity contribution in [3.63, 3.8) is 0 Å². The summed E-state index contributed by atoms with van der Waals surface area (Å²) in [5.41, 5.74) is 6.82. The fraction of sp³-hybridized carbons (Fsp3) is 0.385. The maximum absolute atomic E-state index is 12.6. The van der Waals surface area contributed by atoms with Gasteiger partial charge in [0.1, 0.15) is 10.6 Å². The zero-order valence-electron chi connectivity index (χ0n) is 11.5. The number of sulfonamides is 1. The third-order valence-electron chi connectivity index (χ3n) is 2.60. The molecule has 0 bridgehead atoms. The maximum atomic E-state index is 12.6. The van der Waals surface area contributed by atoms with E-state index in [1.54, 1.807) is 26.0 Å². The third-order valence-corrected chi connectivity index (χ3v) is 4.55. The molecule has 0 atom stereocenters. The number of rotatable bonds is 6. The number of nitrogens with two attached hydrogens (primary N) is 1. The lowest BCUT2D eigenvalue weighted by Crippen LogP contribution is -2.32. The summed E-state index contributed by atoms with van der Waals surface area (Å²) < 4.78 is 31.6. The zero-order valence-corrected chi connectivity index (χ0v) is 12.3. The van der Waals surface area contributed by atoms with Crippen LogP contribution < -0.4 is 10.5 Å². The lowest BCUT2D eigenvalue weighted by Gasteiger charge is -2.22. The molecule has 0 saturated heterocycles. The quantitative estimate of drug-likeness (QED) is 0.639. The van der Waals surface area contributed by atoms with Crippen LogP contribution in [0.5, 0.6) is 5.75 Å². The van der Waals surface area contributed by atoms with Crippen molar-refractivity contribution in [2.75, 3.05) is 25.9 Å². The monoisotopic (exact) mass is 284 g/mol. The van der Waals surface area contributed by atoms with Crippen LogP contribution >= 0.6 is 0 Å². The zero-order chi connectivity index (χ0) is 14.6. The lowest BCUT2D eigenvalue weighted by atomic mass is 10.3. The van der Waals surface area contributed by atoms with Crippen molar-refractivity contribution >= 4 is 15.7 Å². The van der Waals surface area contributed by atoms with E-state index in [1.807, 2.05) is 0 Å². The van der Waals surface area contributed by atoms with Gasteiger partial charge in [-0.1, -0.05) is 19.1 Å². The average Bonchev–Trinajstić information content (AvgIpc) is 2.35. The van der Waals surface area contributed by atoms with E-state index in [1.165, 1.54) is 17.5 Å². The number of likely N-dealkylation sites (N-methyl/N-ethyl adjacent to an activating group) is 1. The summed E-state index contributed by atoms with van der Waals surface area (Å²) >= 11 is 0. The molecule has 6 heteroatoms. The first kappa shape index (κ1) is 15.5. The number of benzene rings is 1. The lowest BCUT2D eigenvalue weighted by molar-refractivity contribution is 0.396. The van der Waals surface area contributed by atoms with Gasteiger partial charge in [-0.15, -0.1) is 0 Å². The second kappa shape index (κ2) is 6.08. The number of methoxy groups -OCH3 is 1. The second-order valence-electron chi connectivity index (χ2n) is 4.30. The molecule has 0 spiro atoms. The number of ether oxygens (including phenoxy) is 1. The predicted octanol–water partition coefficient (Wildman–Crippen LogP) is 1.86. The van der Waals surface area contributed by atoms with E-state index >= 15 is 0 Å². The standard InChI is InChI=1S/C13H20N2O3S/c1-5-15(9-10(2)3)19(16,17)13-8-11(14)6-7-12(13)18-4/h6-8H,2,5,9,14H2,1,3-4H3. The maximum Gasteiger partial charge on any atom is 0.247 e. The summed E-state index contributed by atoms with van der Waals surface area (Å²) in [4.78, 5) is 0.0816. The Kier molecular flexibility index (Phi) is 4.97. The molecule has 0 aliphatic rings. The van der Waals surface area contributed by atoms with E-state index in [0.29, 0.717) is 12.2 Å². The summed E-state index contributed by atoms with van der Waals surface area (Å²) in [5, 5.41) is 0. The Balaban J connectivity index is 3.32. The van der Waals surface area contributed by atoms with Gasteiger partial charge in [0.2, 0.25) is 10.0 Å². The highest BCUT2D eigenvalue weighted by atomic mass is 32.2. The highest BCUT2D eigenvalue weighted by Gasteiger charge is 2.26. The minimum absolute atomic E-state index is 0.0816. The highest BCUT2D eigenvalue weighted by molar-refractivity contribution is 7.89.